The normalized spacial score (nSPS) is 12.9. The zero-order chi connectivity index (χ0) is 13.1. The molecule has 0 aliphatic rings. The van der Waals surface area contributed by atoms with Gasteiger partial charge in [-0.3, -0.25) is 5.84 Å². The first-order chi connectivity index (χ1) is 8.63. The molecule has 2 rings (SSSR count). The predicted molar refractivity (Wildman–Crippen MR) is 72.9 cm³/mol. The summed E-state index contributed by atoms with van der Waals surface area (Å²) in [5, 5.41) is 0. The van der Waals surface area contributed by atoms with E-state index < -0.39 is 0 Å². The summed E-state index contributed by atoms with van der Waals surface area (Å²) in [7, 11) is 1.97. The maximum Gasteiger partial charge on any atom is 0.131 e. The first-order valence-corrected chi connectivity index (χ1v) is 6.16. The molecule has 0 saturated carbocycles. The maximum absolute atomic E-state index is 5.66. The van der Waals surface area contributed by atoms with E-state index >= 15 is 0 Å². The smallest absolute Gasteiger partial charge is 0.131 e. The summed E-state index contributed by atoms with van der Waals surface area (Å²) >= 11 is 0. The standard InChI is InChI=1S/C14H20N4/c1-10(2)11-4-6-12(7-5-11)13(17-15)14-16-8-9-18(14)3/h4-10,13,17H,15H2,1-3H3. The van der Waals surface area contributed by atoms with E-state index in [1.54, 1.807) is 6.20 Å². The molecular weight excluding hydrogens is 224 g/mol. The molecule has 0 saturated heterocycles. The van der Waals surface area contributed by atoms with Gasteiger partial charge in [0.15, 0.2) is 0 Å². The van der Waals surface area contributed by atoms with Crippen molar-refractivity contribution in [1.29, 1.82) is 0 Å². The molecule has 1 heterocycles. The number of hydrogen-bond acceptors (Lipinski definition) is 3. The van der Waals surface area contributed by atoms with Gasteiger partial charge in [0.05, 0.1) is 0 Å². The molecule has 3 N–H and O–H groups in total. The Morgan fingerprint density at radius 3 is 2.22 bits per heavy atom. The van der Waals surface area contributed by atoms with E-state index in [2.05, 4.69) is 48.5 Å². The van der Waals surface area contributed by atoms with Gasteiger partial charge in [-0.15, -0.1) is 0 Å². The number of nitrogens with one attached hydrogen (secondary N) is 1. The summed E-state index contributed by atoms with van der Waals surface area (Å²) < 4.78 is 1.97. The lowest BCUT2D eigenvalue weighted by Crippen LogP contribution is -2.30. The Labute approximate surface area is 108 Å². The third kappa shape index (κ3) is 2.44. The molecule has 0 spiro atoms. The summed E-state index contributed by atoms with van der Waals surface area (Å²) in [5.41, 5.74) is 5.28. The molecule has 4 heteroatoms. The van der Waals surface area contributed by atoms with Crippen molar-refractivity contribution in [2.75, 3.05) is 0 Å². The van der Waals surface area contributed by atoms with Crippen LogP contribution < -0.4 is 11.3 Å². The molecular formula is C14H20N4. The molecule has 0 aliphatic carbocycles. The third-order valence-electron chi connectivity index (χ3n) is 3.22. The van der Waals surface area contributed by atoms with Crippen molar-refractivity contribution < 1.29 is 0 Å². The second kappa shape index (κ2) is 5.33. The Morgan fingerprint density at radius 1 is 1.17 bits per heavy atom. The highest BCUT2D eigenvalue weighted by Gasteiger charge is 2.16. The van der Waals surface area contributed by atoms with Gasteiger partial charge in [-0.05, 0) is 17.0 Å². The molecule has 0 aliphatic heterocycles. The van der Waals surface area contributed by atoms with E-state index in [0.29, 0.717) is 5.92 Å². The molecule has 0 amide bonds. The molecule has 0 bridgehead atoms. The maximum atomic E-state index is 5.66. The Balaban J connectivity index is 2.31. The van der Waals surface area contributed by atoms with Crippen LogP contribution in [0, 0.1) is 0 Å². The molecule has 1 unspecified atom stereocenters. The van der Waals surface area contributed by atoms with E-state index in [9.17, 15) is 0 Å². The summed E-state index contributed by atoms with van der Waals surface area (Å²) in [4.78, 5) is 4.34. The van der Waals surface area contributed by atoms with Gasteiger partial charge >= 0.3 is 0 Å². The molecule has 1 aromatic carbocycles. The SMILES string of the molecule is CC(C)c1ccc(C(NN)c2nccn2C)cc1. The number of nitrogens with two attached hydrogens (primary N) is 1. The van der Waals surface area contributed by atoms with Crippen LogP contribution in [0.3, 0.4) is 0 Å². The molecule has 1 atom stereocenters. The van der Waals surface area contributed by atoms with E-state index in [1.165, 1.54) is 5.56 Å². The highest BCUT2D eigenvalue weighted by Crippen LogP contribution is 2.22. The Morgan fingerprint density at radius 2 is 1.78 bits per heavy atom. The lowest BCUT2D eigenvalue weighted by molar-refractivity contribution is 0.579. The van der Waals surface area contributed by atoms with E-state index in [4.69, 9.17) is 5.84 Å². The average molecular weight is 244 g/mol. The van der Waals surface area contributed by atoms with Gasteiger partial charge in [0.2, 0.25) is 0 Å². The van der Waals surface area contributed by atoms with Gasteiger partial charge in [0, 0.05) is 19.4 Å². The van der Waals surface area contributed by atoms with Crippen molar-refractivity contribution in [3.8, 4) is 0 Å². The molecule has 4 nitrogen and oxygen atoms in total. The van der Waals surface area contributed by atoms with Crippen molar-refractivity contribution in [3.05, 3.63) is 53.6 Å². The van der Waals surface area contributed by atoms with Crippen LogP contribution in [0.4, 0.5) is 0 Å². The van der Waals surface area contributed by atoms with Gasteiger partial charge < -0.3 is 4.57 Å². The van der Waals surface area contributed by atoms with Gasteiger partial charge in [-0.25, -0.2) is 10.4 Å². The van der Waals surface area contributed by atoms with Crippen LogP contribution in [0.1, 0.15) is 42.8 Å². The fourth-order valence-electron chi connectivity index (χ4n) is 2.05. The largest absolute Gasteiger partial charge is 0.336 e. The van der Waals surface area contributed by atoms with Crippen LogP contribution in [0.15, 0.2) is 36.7 Å². The van der Waals surface area contributed by atoms with E-state index in [0.717, 1.165) is 11.4 Å². The zero-order valence-corrected chi connectivity index (χ0v) is 11.1. The quantitative estimate of drug-likeness (QED) is 0.639. The topological polar surface area (TPSA) is 55.9 Å². The van der Waals surface area contributed by atoms with Crippen molar-refractivity contribution in [2.45, 2.75) is 25.8 Å². The molecule has 96 valence electrons. The number of hydrazine groups is 1. The number of nitrogens with zero attached hydrogens (tertiary/aromatic N) is 2. The number of imidazole rings is 1. The van der Waals surface area contributed by atoms with Gasteiger partial charge in [-0.1, -0.05) is 38.1 Å². The predicted octanol–water partition coefficient (Wildman–Crippen LogP) is 2.10. The monoisotopic (exact) mass is 244 g/mol. The van der Waals surface area contributed by atoms with Crippen LogP contribution in [0.2, 0.25) is 0 Å². The van der Waals surface area contributed by atoms with Crippen LogP contribution in [0.25, 0.3) is 0 Å². The molecule has 2 aromatic rings. The van der Waals surface area contributed by atoms with Gasteiger partial charge in [0.25, 0.3) is 0 Å². The number of hydrogen-bond donors (Lipinski definition) is 2. The van der Waals surface area contributed by atoms with Crippen LogP contribution >= 0.6 is 0 Å². The number of benzene rings is 1. The first kappa shape index (κ1) is 12.8. The first-order valence-electron chi connectivity index (χ1n) is 6.16. The minimum absolute atomic E-state index is 0.0776. The van der Waals surface area contributed by atoms with E-state index in [-0.39, 0.29) is 6.04 Å². The zero-order valence-electron chi connectivity index (χ0n) is 11.1. The van der Waals surface area contributed by atoms with Gasteiger partial charge in [-0.2, -0.15) is 0 Å². The van der Waals surface area contributed by atoms with Crippen LogP contribution in [-0.4, -0.2) is 9.55 Å². The fraction of sp³-hybridized carbons (Fsp3) is 0.357. The summed E-state index contributed by atoms with van der Waals surface area (Å²) in [6, 6.07) is 8.43. The Bertz CT molecular complexity index is 499. The molecule has 18 heavy (non-hydrogen) atoms. The summed E-state index contributed by atoms with van der Waals surface area (Å²) in [6.45, 7) is 4.37. The molecule has 0 fully saturated rings. The Kier molecular flexibility index (Phi) is 3.79. The molecule has 0 radical (unpaired) electrons. The average Bonchev–Trinajstić information content (AvgIpc) is 2.78. The third-order valence-corrected chi connectivity index (χ3v) is 3.22. The van der Waals surface area contributed by atoms with Crippen molar-refractivity contribution in [1.82, 2.24) is 15.0 Å². The number of rotatable bonds is 4. The number of aromatic nitrogens is 2. The Hall–Kier alpha value is -1.65. The second-order valence-corrected chi connectivity index (χ2v) is 4.82. The van der Waals surface area contributed by atoms with Crippen molar-refractivity contribution in [3.63, 3.8) is 0 Å². The number of aryl methyl sites for hydroxylation is 1. The van der Waals surface area contributed by atoms with Crippen molar-refractivity contribution in [2.24, 2.45) is 12.9 Å². The highest BCUT2D eigenvalue weighted by atomic mass is 15.3. The minimum atomic E-state index is -0.0776. The summed E-state index contributed by atoms with van der Waals surface area (Å²) in [6.07, 6.45) is 3.70. The van der Waals surface area contributed by atoms with E-state index in [1.807, 2.05) is 17.8 Å². The van der Waals surface area contributed by atoms with Crippen LogP contribution in [0.5, 0.6) is 0 Å². The van der Waals surface area contributed by atoms with Crippen molar-refractivity contribution >= 4 is 0 Å². The second-order valence-electron chi connectivity index (χ2n) is 4.82. The van der Waals surface area contributed by atoms with Gasteiger partial charge in [0.1, 0.15) is 11.9 Å². The lowest BCUT2D eigenvalue weighted by atomic mass is 9.99. The fourth-order valence-corrected chi connectivity index (χ4v) is 2.05. The lowest BCUT2D eigenvalue weighted by Gasteiger charge is -2.17. The minimum Gasteiger partial charge on any atom is -0.336 e. The molecule has 1 aromatic heterocycles. The van der Waals surface area contributed by atoms with Crippen LogP contribution in [-0.2, 0) is 7.05 Å². The highest BCUT2D eigenvalue weighted by molar-refractivity contribution is 5.30. The summed E-state index contributed by atoms with van der Waals surface area (Å²) in [5.74, 6) is 7.11.